The number of carbonyl (C=O) groups is 2. The average Bonchev–Trinajstić information content (AvgIpc) is 3.11. The summed E-state index contributed by atoms with van der Waals surface area (Å²) in [6.45, 7) is 10.1. The molecule has 2 aromatic carbocycles. The van der Waals surface area contributed by atoms with Crippen LogP contribution < -0.4 is 25.4 Å². The Kier molecular flexibility index (Phi) is 6.40. The molecule has 0 unspecified atom stereocenters. The van der Waals surface area contributed by atoms with Gasteiger partial charge in [-0.25, -0.2) is 0 Å². The summed E-state index contributed by atoms with van der Waals surface area (Å²) < 4.78 is 13.4. The molecule has 8 nitrogen and oxygen atoms in total. The van der Waals surface area contributed by atoms with Crippen LogP contribution in [0.15, 0.2) is 30.5 Å². The van der Waals surface area contributed by atoms with E-state index in [0.29, 0.717) is 41.3 Å². The molecule has 1 aliphatic rings. The maximum atomic E-state index is 13.5. The first-order valence-electron chi connectivity index (χ1n) is 11.9. The lowest BCUT2D eigenvalue weighted by atomic mass is 9.84. The van der Waals surface area contributed by atoms with Crippen LogP contribution in [0.2, 0.25) is 0 Å². The van der Waals surface area contributed by atoms with Crippen molar-refractivity contribution in [3.8, 4) is 11.5 Å². The largest absolute Gasteiger partial charge is 0.493 e. The summed E-state index contributed by atoms with van der Waals surface area (Å²) >= 11 is 0. The first kappa shape index (κ1) is 24.4. The van der Waals surface area contributed by atoms with Crippen molar-refractivity contribution in [3.63, 3.8) is 0 Å². The minimum Gasteiger partial charge on any atom is -0.493 e. The Labute approximate surface area is 206 Å². The fourth-order valence-electron chi connectivity index (χ4n) is 4.45. The van der Waals surface area contributed by atoms with Gasteiger partial charge in [0.2, 0.25) is 0 Å². The monoisotopic (exact) mass is 478 g/mol. The van der Waals surface area contributed by atoms with Crippen LogP contribution >= 0.6 is 0 Å². The summed E-state index contributed by atoms with van der Waals surface area (Å²) in [5.41, 5.74) is 9.21. The van der Waals surface area contributed by atoms with Crippen LogP contribution in [0.5, 0.6) is 11.5 Å². The van der Waals surface area contributed by atoms with Crippen molar-refractivity contribution >= 4 is 34.0 Å². The minimum absolute atomic E-state index is 0.0548. The normalized spacial score (nSPS) is 13.4. The molecule has 0 saturated heterocycles. The Hall–Kier alpha value is -3.68. The van der Waals surface area contributed by atoms with Gasteiger partial charge in [0.1, 0.15) is 23.9 Å². The number of aromatic nitrogens is 1. The predicted octanol–water partition coefficient (Wildman–Crippen LogP) is 3.99. The van der Waals surface area contributed by atoms with Crippen molar-refractivity contribution in [2.75, 3.05) is 44.5 Å². The van der Waals surface area contributed by atoms with Crippen molar-refractivity contribution in [1.82, 2.24) is 9.88 Å². The summed E-state index contributed by atoms with van der Waals surface area (Å²) in [6.07, 6.45) is 1.83. The van der Waals surface area contributed by atoms with Gasteiger partial charge in [-0.1, -0.05) is 20.8 Å². The third-order valence-corrected chi connectivity index (χ3v) is 6.40. The van der Waals surface area contributed by atoms with Gasteiger partial charge in [0.05, 0.1) is 30.9 Å². The lowest BCUT2D eigenvalue weighted by molar-refractivity contribution is 0.0955. The lowest BCUT2D eigenvalue weighted by Crippen LogP contribution is -2.31. The minimum atomic E-state index is -0.256. The van der Waals surface area contributed by atoms with Crippen molar-refractivity contribution in [1.29, 1.82) is 0 Å². The predicted molar refractivity (Wildman–Crippen MR) is 139 cm³/mol. The van der Waals surface area contributed by atoms with Crippen LogP contribution in [0.1, 0.15) is 54.0 Å². The highest BCUT2D eigenvalue weighted by Crippen LogP contribution is 2.41. The topological polar surface area (TPSA) is 98.8 Å². The third-order valence-electron chi connectivity index (χ3n) is 6.40. The van der Waals surface area contributed by atoms with Crippen LogP contribution in [0.4, 0.5) is 11.5 Å². The first-order chi connectivity index (χ1) is 16.5. The molecule has 0 radical (unpaired) electrons. The Morgan fingerprint density at radius 3 is 2.60 bits per heavy atom. The molecule has 8 heteroatoms. The number of amides is 1. The zero-order valence-corrected chi connectivity index (χ0v) is 21.3. The van der Waals surface area contributed by atoms with Crippen LogP contribution in [0, 0.1) is 0 Å². The maximum Gasteiger partial charge on any atom is 0.254 e. The van der Waals surface area contributed by atoms with Gasteiger partial charge in [-0.3, -0.25) is 9.59 Å². The molecular weight excluding hydrogens is 444 g/mol. The molecule has 0 spiro atoms. The first-order valence-corrected chi connectivity index (χ1v) is 11.9. The van der Waals surface area contributed by atoms with E-state index >= 15 is 0 Å². The molecule has 0 atom stereocenters. The molecule has 0 bridgehead atoms. The zero-order valence-electron chi connectivity index (χ0n) is 21.3. The number of nitrogen functional groups attached to an aromatic ring is 1. The molecule has 2 heterocycles. The number of hydrogen-bond acceptors (Lipinski definition) is 6. The quantitative estimate of drug-likeness (QED) is 0.520. The van der Waals surface area contributed by atoms with Gasteiger partial charge in [0, 0.05) is 42.2 Å². The second-order valence-electron chi connectivity index (χ2n) is 9.91. The Bertz CT molecular complexity index is 1300. The number of benzene rings is 2. The number of fused-ring (bicyclic) bond motifs is 2. The smallest absolute Gasteiger partial charge is 0.254 e. The van der Waals surface area contributed by atoms with Crippen molar-refractivity contribution < 1.29 is 19.1 Å². The van der Waals surface area contributed by atoms with Gasteiger partial charge in [-0.2, -0.15) is 0 Å². The molecule has 1 aliphatic heterocycles. The van der Waals surface area contributed by atoms with E-state index in [0.717, 1.165) is 28.9 Å². The van der Waals surface area contributed by atoms with Crippen LogP contribution in [-0.2, 0) is 12.0 Å². The van der Waals surface area contributed by atoms with E-state index in [9.17, 15) is 9.59 Å². The lowest BCUT2D eigenvalue weighted by Gasteiger charge is -2.33. The van der Waals surface area contributed by atoms with Gasteiger partial charge < -0.3 is 30.0 Å². The summed E-state index contributed by atoms with van der Waals surface area (Å²) in [5, 5.41) is 4.14. The number of nitrogens with two attached hydrogens (primary N) is 1. The van der Waals surface area contributed by atoms with E-state index < -0.39 is 0 Å². The molecular formula is C27H34N4O4. The SMILES string of the molecule is CCOc1cc2cn(CC(=O)c3cc4c(c(C(C)(C)C)c3)OCCN4C)c(N)c2cc1C(=O)NC. The highest BCUT2D eigenvalue weighted by molar-refractivity contribution is 6.05. The van der Waals surface area contributed by atoms with Gasteiger partial charge in [0.25, 0.3) is 5.91 Å². The summed E-state index contributed by atoms with van der Waals surface area (Å²) in [6, 6.07) is 7.36. The number of Topliss-reactive ketones (excluding diaryl/α,β-unsaturated/α-hetero) is 1. The summed E-state index contributed by atoms with van der Waals surface area (Å²) in [4.78, 5) is 28.0. The van der Waals surface area contributed by atoms with Crippen LogP contribution in [0.25, 0.3) is 10.8 Å². The molecule has 35 heavy (non-hydrogen) atoms. The van der Waals surface area contributed by atoms with E-state index in [1.165, 1.54) is 0 Å². The van der Waals surface area contributed by atoms with Gasteiger partial charge in [-0.15, -0.1) is 0 Å². The molecule has 4 rings (SSSR count). The van der Waals surface area contributed by atoms with E-state index in [4.69, 9.17) is 15.2 Å². The number of likely N-dealkylation sites (N-methyl/N-ethyl adjacent to an activating group) is 1. The highest BCUT2D eigenvalue weighted by Gasteiger charge is 2.28. The van der Waals surface area contributed by atoms with Crippen molar-refractivity contribution in [3.05, 3.63) is 47.2 Å². The number of nitrogens with zero attached hydrogens (tertiary/aromatic N) is 2. The standard InChI is InChI=1S/C27H34N4O4/c1-7-34-23-12-17-14-31(25(28)18(17)13-19(23)26(33)29-5)15-22(32)16-10-20(27(2,3)4)24-21(11-16)30(6)8-9-35-24/h10-14H,7-9,15,28H2,1-6H3,(H,29,33). The number of carbonyl (C=O) groups excluding carboxylic acids is 2. The number of anilines is 2. The fraction of sp³-hybridized carbons (Fsp3) is 0.407. The molecule has 1 aromatic heterocycles. The Morgan fingerprint density at radius 2 is 1.94 bits per heavy atom. The molecule has 3 N–H and O–H groups in total. The molecule has 0 aliphatic carbocycles. The van der Waals surface area contributed by atoms with Gasteiger partial charge >= 0.3 is 0 Å². The zero-order chi connectivity index (χ0) is 25.5. The Balaban J connectivity index is 1.74. The Morgan fingerprint density at radius 1 is 1.20 bits per heavy atom. The second kappa shape index (κ2) is 9.17. The van der Waals surface area contributed by atoms with Crippen molar-refractivity contribution in [2.24, 2.45) is 0 Å². The molecule has 3 aromatic rings. The van der Waals surface area contributed by atoms with E-state index in [1.54, 1.807) is 23.7 Å². The summed E-state index contributed by atoms with van der Waals surface area (Å²) in [5.74, 6) is 1.44. The van der Waals surface area contributed by atoms with Crippen LogP contribution in [0.3, 0.4) is 0 Å². The van der Waals surface area contributed by atoms with E-state index in [1.807, 2.05) is 32.3 Å². The van der Waals surface area contributed by atoms with Gasteiger partial charge in [0.15, 0.2) is 5.78 Å². The number of hydrogen-bond donors (Lipinski definition) is 2. The molecule has 186 valence electrons. The highest BCUT2D eigenvalue weighted by atomic mass is 16.5. The van der Waals surface area contributed by atoms with Crippen LogP contribution in [-0.4, -0.2) is 50.1 Å². The number of nitrogens with one attached hydrogen (secondary N) is 1. The number of ketones is 1. The van der Waals surface area contributed by atoms with Gasteiger partial charge in [-0.05, 0) is 36.6 Å². The second-order valence-corrected chi connectivity index (χ2v) is 9.91. The van der Waals surface area contributed by atoms with Crippen molar-refractivity contribution in [2.45, 2.75) is 39.7 Å². The molecule has 0 fully saturated rings. The summed E-state index contributed by atoms with van der Waals surface area (Å²) in [7, 11) is 3.58. The number of rotatable bonds is 6. The fourth-order valence-corrected chi connectivity index (χ4v) is 4.45. The third kappa shape index (κ3) is 4.52. The molecule has 0 saturated carbocycles. The molecule has 1 amide bonds. The van der Waals surface area contributed by atoms with E-state index in [2.05, 4.69) is 31.0 Å². The average molecular weight is 479 g/mol. The maximum absolute atomic E-state index is 13.5. The van der Waals surface area contributed by atoms with E-state index in [-0.39, 0.29) is 23.7 Å². The number of ether oxygens (including phenoxy) is 2.